The van der Waals surface area contributed by atoms with E-state index >= 15 is 0 Å². The zero-order chi connectivity index (χ0) is 14.1. The Morgan fingerprint density at radius 3 is 2.42 bits per heavy atom. The van der Waals surface area contributed by atoms with Gasteiger partial charge in [-0.1, -0.05) is 12.1 Å². The first-order chi connectivity index (χ1) is 8.83. The molecule has 4 heteroatoms. The predicted molar refractivity (Wildman–Crippen MR) is 71.1 cm³/mol. The molecular weight excluding hydrogens is 245 g/mol. The van der Waals surface area contributed by atoms with Crippen molar-refractivity contribution in [1.29, 1.82) is 0 Å². The summed E-state index contributed by atoms with van der Waals surface area (Å²) < 4.78 is 18.8. The maximum Gasteiger partial charge on any atom is 0.312 e. The summed E-state index contributed by atoms with van der Waals surface area (Å²) in [4.78, 5) is 12.1. The van der Waals surface area contributed by atoms with Gasteiger partial charge < -0.3 is 10.1 Å². The summed E-state index contributed by atoms with van der Waals surface area (Å²) in [5.74, 6) is -0.521. The van der Waals surface area contributed by atoms with E-state index in [0.717, 1.165) is 12.1 Å². The molecule has 104 valence electrons. The van der Waals surface area contributed by atoms with Gasteiger partial charge in [-0.25, -0.2) is 4.39 Å². The summed E-state index contributed by atoms with van der Waals surface area (Å²) in [6.45, 7) is 6.84. The minimum Gasteiger partial charge on any atom is -0.452 e. The molecule has 1 heterocycles. The van der Waals surface area contributed by atoms with Gasteiger partial charge in [-0.3, -0.25) is 4.79 Å². The minimum absolute atomic E-state index is 0.236. The maximum absolute atomic E-state index is 13.0. The van der Waals surface area contributed by atoms with Gasteiger partial charge in [0.05, 0.1) is 5.41 Å². The van der Waals surface area contributed by atoms with Crippen molar-refractivity contribution < 1.29 is 13.9 Å². The van der Waals surface area contributed by atoms with Gasteiger partial charge in [0.25, 0.3) is 0 Å². The molecule has 0 radical (unpaired) electrons. The number of ether oxygens (including phenoxy) is 1. The quantitative estimate of drug-likeness (QED) is 0.835. The van der Waals surface area contributed by atoms with Crippen LogP contribution in [-0.4, -0.2) is 19.1 Å². The van der Waals surface area contributed by atoms with Crippen LogP contribution in [0.25, 0.3) is 0 Å². The SMILES string of the molecule is CC(C)(C)C(=O)OC1(c2ccc(F)cc2)CCNC1. The van der Waals surface area contributed by atoms with E-state index in [4.69, 9.17) is 4.74 Å². The molecule has 1 aromatic carbocycles. The molecule has 1 unspecified atom stereocenters. The van der Waals surface area contributed by atoms with Crippen LogP contribution in [0.1, 0.15) is 32.8 Å². The first-order valence-corrected chi connectivity index (χ1v) is 6.54. The average molecular weight is 265 g/mol. The van der Waals surface area contributed by atoms with Gasteiger partial charge in [-0.05, 0) is 45.0 Å². The molecule has 1 aliphatic rings. The van der Waals surface area contributed by atoms with Crippen LogP contribution in [0.15, 0.2) is 24.3 Å². The summed E-state index contributed by atoms with van der Waals surface area (Å²) in [6.07, 6.45) is 0.709. The Hall–Kier alpha value is -1.42. The topological polar surface area (TPSA) is 38.3 Å². The lowest BCUT2D eigenvalue weighted by atomic mass is 9.91. The van der Waals surface area contributed by atoms with Crippen LogP contribution in [-0.2, 0) is 15.1 Å². The molecule has 19 heavy (non-hydrogen) atoms. The molecule has 1 fully saturated rings. The highest BCUT2D eigenvalue weighted by Crippen LogP contribution is 2.34. The first kappa shape index (κ1) is 14.0. The smallest absolute Gasteiger partial charge is 0.312 e. The number of carbonyl (C=O) groups is 1. The minimum atomic E-state index is -0.669. The second kappa shape index (κ2) is 4.93. The number of hydrogen-bond donors (Lipinski definition) is 1. The fourth-order valence-electron chi connectivity index (χ4n) is 2.15. The Labute approximate surface area is 113 Å². The van der Waals surface area contributed by atoms with Gasteiger partial charge >= 0.3 is 5.97 Å². The molecule has 3 nitrogen and oxygen atoms in total. The fraction of sp³-hybridized carbons (Fsp3) is 0.533. The molecule has 0 amide bonds. The fourth-order valence-corrected chi connectivity index (χ4v) is 2.15. The highest BCUT2D eigenvalue weighted by Gasteiger charge is 2.41. The van der Waals surface area contributed by atoms with Gasteiger partial charge in [0.15, 0.2) is 5.60 Å². The van der Waals surface area contributed by atoms with E-state index in [9.17, 15) is 9.18 Å². The van der Waals surface area contributed by atoms with Gasteiger partial charge in [-0.2, -0.15) is 0 Å². The summed E-state index contributed by atoms with van der Waals surface area (Å²) in [6, 6.07) is 6.19. The highest BCUT2D eigenvalue weighted by molar-refractivity contribution is 5.76. The Kier molecular flexibility index (Phi) is 3.63. The lowest BCUT2D eigenvalue weighted by Gasteiger charge is -2.32. The number of carbonyl (C=O) groups excluding carboxylic acids is 1. The Morgan fingerprint density at radius 1 is 1.32 bits per heavy atom. The van der Waals surface area contributed by atoms with Gasteiger partial charge in [0.1, 0.15) is 5.82 Å². The third-order valence-electron chi connectivity index (χ3n) is 3.39. The lowest BCUT2D eigenvalue weighted by molar-refractivity contribution is -0.169. The largest absolute Gasteiger partial charge is 0.452 e. The van der Waals surface area contributed by atoms with Gasteiger partial charge in [-0.15, -0.1) is 0 Å². The third-order valence-corrected chi connectivity index (χ3v) is 3.39. The van der Waals surface area contributed by atoms with Crippen LogP contribution in [0.2, 0.25) is 0 Å². The summed E-state index contributed by atoms with van der Waals surface area (Å²) >= 11 is 0. The van der Waals surface area contributed by atoms with E-state index in [0.29, 0.717) is 13.0 Å². The van der Waals surface area contributed by atoms with Crippen LogP contribution in [0.4, 0.5) is 4.39 Å². The normalized spacial score (nSPS) is 23.4. The Bertz CT molecular complexity index is 456. The summed E-state index contributed by atoms with van der Waals surface area (Å²) in [7, 11) is 0. The molecule has 1 atom stereocenters. The van der Waals surface area contributed by atoms with E-state index in [1.54, 1.807) is 12.1 Å². The van der Waals surface area contributed by atoms with E-state index in [2.05, 4.69) is 5.32 Å². The van der Waals surface area contributed by atoms with Crippen molar-refractivity contribution in [2.45, 2.75) is 32.8 Å². The zero-order valence-corrected chi connectivity index (χ0v) is 11.6. The van der Waals surface area contributed by atoms with E-state index in [1.165, 1.54) is 12.1 Å². The van der Waals surface area contributed by atoms with Crippen molar-refractivity contribution in [3.05, 3.63) is 35.6 Å². The Morgan fingerprint density at radius 2 is 1.95 bits per heavy atom. The first-order valence-electron chi connectivity index (χ1n) is 6.54. The van der Waals surface area contributed by atoms with Gasteiger partial charge in [0.2, 0.25) is 0 Å². The van der Waals surface area contributed by atoms with Crippen molar-refractivity contribution in [1.82, 2.24) is 5.32 Å². The number of rotatable bonds is 2. The molecule has 0 saturated carbocycles. The van der Waals surface area contributed by atoms with Crippen LogP contribution in [0.3, 0.4) is 0 Å². The van der Waals surface area contributed by atoms with Crippen molar-refractivity contribution >= 4 is 5.97 Å². The molecule has 0 aliphatic carbocycles. The molecule has 1 aliphatic heterocycles. The van der Waals surface area contributed by atoms with Crippen molar-refractivity contribution in [3.63, 3.8) is 0 Å². The third kappa shape index (κ3) is 2.95. The zero-order valence-electron chi connectivity index (χ0n) is 11.6. The molecule has 1 saturated heterocycles. The number of benzene rings is 1. The average Bonchev–Trinajstić information content (AvgIpc) is 2.78. The van der Waals surface area contributed by atoms with Crippen molar-refractivity contribution in [2.24, 2.45) is 5.41 Å². The second-order valence-electron chi connectivity index (χ2n) is 6.07. The standard InChI is InChI=1S/C15H20FNO2/c1-14(2,3)13(18)19-15(8-9-17-10-15)11-4-6-12(16)7-5-11/h4-7,17H,8-10H2,1-3H3. The van der Waals surface area contributed by atoms with Crippen molar-refractivity contribution in [3.8, 4) is 0 Å². The number of halogens is 1. The van der Waals surface area contributed by atoms with E-state index in [1.807, 2.05) is 20.8 Å². The molecule has 2 rings (SSSR count). The second-order valence-corrected chi connectivity index (χ2v) is 6.07. The predicted octanol–water partition coefficient (Wildman–Crippen LogP) is 2.60. The van der Waals surface area contributed by atoms with E-state index < -0.39 is 11.0 Å². The maximum atomic E-state index is 13.0. The van der Waals surface area contributed by atoms with Crippen LogP contribution >= 0.6 is 0 Å². The number of nitrogens with one attached hydrogen (secondary N) is 1. The summed E-state index contributed by atoms with van der Waals surface area (Å²) in [5.41, 5.74) is -0.371. The van der Waals surface area contributed by atoms with Crippen LogP contribution in [0, 0.1) is 11.2 Å². The molecule has 0 aromatic heterocycles. The lowest BCUT2D eigenvalue weighted by Crippen LogP contribution is -2.38. The molecule has 0 spiro atoms. The molecule has 1 aromatic rings. The van der Waals surface area contributed by atoms with Crippen molar-refractivity contribution in [2.75, 3.05) is 13.1 Å². The molecular formula is C15H20FNO2. The number of esters is 1. The van der Waals surface area contributed by atoms with Gasteiger partial charge in [0, 0.05) is 13.0 Å². The molecule has 1 N–H and O–H groups in total. The van der Waals surface area contributed by atoms with Crippen LogP contribution < -0.4 is 5.32 Å². The van der Waals surface area contributed by atoms with Crippen LogP contribution in [0.5, 0.6) is 0 Å². The summed E-state index contributed by atoms with van der Waals surface area (Å²) in [5, 5.41) is 3.21. The monoisotopic (exact) mass is 265 g/mol. The van der Waals surface area contributed by atoms with E-state index in [-0.39, 0.29) is 11.8 Å². The Balaban J connectivity index is 2.28. The molecule has 0 bridgehead atoms. The number of hydrogen-bond acceptors (Lipinski definition) is 3. The highest BCUT2D eigenvalue weighted by atomic mass is 19.1.